The molecule has 0 aliphatic rings. The molecule has 1 aromatic rings. The molecule has 0 unspecified atom stereocenters. The molecule has 0 saturated heterocycles. The van der Waals surface area contributed by atoms with E-state index in [4.69, 9.17) is 0 Å². The molecule has 0 aromatic heterocycles. The lowest BCUT2D eigenvalue weighted by molar-refractivity contribution is 1.12. The normalized spacial score (nSPS) is 10.8. The number of benzene rings is 1. The van der Waals surface area contributed by atoms with E-state index in [0.717, 1.165) is 12.0 Å². The highest BCUT2D eigenvalue weighted by molar-refractivity contribution is 14.1. The molecule has 74 valence electrons. The second-order valence-corrected chi connectivity index (χ2v) is 4.55. The van der Waals surface area contributed by atoms with Crippen LogP contribution in [0.3, 0.4) is 0 Å². The van der Waals surface area contributed by atoms with Crippen LogP contribution in [0.15, 0.2) is 36.4 Å². The van der Waals surface area contributed by atoms with Crippen LogP contribution in [0.4, 0.5) is 0 Å². The molecule has 0 N–H and O–H groups in total. The summed E-state index contributed by atoms with van der Waals surface area (Å²) in [5.41, 5.74) is 3.74. The lowest BCUT2D eigenvalue weighted by Crippen LogP contribution is -1.86. The minimum atomic E-state index is 1.08. The maximum atomic E-state index is 3.84. The van der Waals surface area contributed by atoms with E-state index in [2.05, 4.69) is 60.4 Å². The second-order valence-electron chi connectivity index (χ2n) is 3.38. The number of hydrogen-bond acceptors (Lipinski definition) is 0. The summed E-state index contributed by atoms with van der Waals surface area (Å²) >= 11 is 2.39. The smallest absolute Gasteiger partial charge is 0.0168 e. The topological polar surface area (TPSA) is 0 Å². The Labute approximate surface area is 99.9 Å². The molecule has 0 aliphatic carbocycles. The monoisotopic (exact) mass is 298 g/mol. The van der Waals surface area contributed by atoms with Crippen LogP contribution in [-0.2, 0) is 6.42 Å². The quantitative estimate of drug-likeness (QED) is 0.571. The third-order valence-electron chi connectivity index (χ3n) is 2.02. The fraction of sp³-hybridized carbons (Fsp3) is 0.231. The predicted octanol–water partition coefficient (Wildman–Crippen LogP) is 4.44. The van der Waals surface area contributed by atoms with Crippen LogP contribution < -0.4 is 0 Å². The van der Waals surface area contributed by atoms with Gasteiger partial charge in [0.05, 0.1) is 0 Å². The van der Waals surface area contributed by atoms with Crippen molar-refractivity contribution in [3.8, 4) is 0 Å². The Morgan fingerprint density at radius 1 is 1.50 bits per heavy atom. The molecule has 14 heavy (non-hydrogen) atoms. The Balaban J connectivity index is 2.91. The Hall–Kier alpha value is -0.570. The first-order valence-corrected chi connectivity index (χ1v) is 5.83. The molecule has 0 radical (unpaired) electrons. The molecule has 0 heterocycles. The van der Waals surface area contributed by atoms with E-state index >= 15 is 0 Å². The van der Waals surface area contributed by atoms with E-state index in [1.807, 2.05) is 13.0 Å². The average Bonchev–Trinajstić information content (AvgIpc) is 2.15. The van der Waals surface area contributed by atoms with E-state index in [-0.39, 0.29) is 0 Å². The number of allylic oxidation sites excluding steroid dienone is 2. The summed E-state index contributed by atoms with van der Waals surface area (Å²) in [6.07, 6.45) is 5.24. The van der Waals surface area contributed by atoms with Crippen LogP contribution in [0, 0.1) is 3.57 Å². The van der Waals surface area contributed by atoms with Crippen LogP contribution in [-0.4, -0.2) is 0 Å². The molecule has 0 aliphatic heterocycles. The van der Waals surface area contributed by atoms with Gasteiger partial charge in [0, 0.05) is 3.57 Å². The summed E-state index contributed by atoms with van der Waals surface area (Å²) in [7, 11) is 0. The van der Waals surface area contributed by atoms with Crippen molar-refractivity contribution >= 4 is 28.7 Å². The van der Waals surface area contributed by atoms with Crippen molar-refractivity contribution in [2.24, 2.45) is 0 Å². The second kappa shape index (κ2) is 5.35. The van der Waals surface area contributed by atoms with Gasteiger partial charge in [0.2, 0.25) is 0 Å². The maximum Gasteiger partial charge on any atom is 0.0168 e. The van der Waals surface area contributed by atoms with Crippen molar-refractivity contribution in [1.82, 2.24) is 0 Å². The number of hydrogen-bond donors (Lipinski definition) is 0. The van der Waals surface area contributed by atoms with Crippen molar-refractivity contribution in [3.05, 3.63) is 51.1 Å². The molecular formula is C13H15I. The van der Waals surface area contributed by atoms with Crippen molar-refractivity contribution in [2.45, 2.75) is 20.3 Å². The van der Waals surface area contributed by atoms with Gasteiger partial charge in [-0.05, 0) is 53.1 Å². The molecule has 0 nitrogen and oxygen atoms in total. The fourth-order valence-electron chi connectivity index (χ4n) is 1.19. The molecule has 0 fully saturated rings. The van der Waals surface area contributed by atoms with Crippen molar-refractivity contribution in [2.75, 3.05) is 0 Å². The molecule has 1 heteroatoms. The molecular weight excluding hydrogens is 283 g/mol. The molecule has 0 amide bonds. The van der Waals surface area contributed by atoms with E-state index < -0.39 is 0 Å². The summed E-state index contributed by atoms with van der Waals surface area (Å²) in [5, 5.41) is 0. The van der Waals surface area contributed by atoms with Crippen molar-refractivity contribution < 1.29 is 0 Å². The Kier molecular flexibility index (Phi) is 4.39. The van der Waals surface area contributed by atoms with Gasteiger partial charge in [0.1, 0.15) is 0 Å². The zero-order chi connectivity index (χ0) is 10.6. The van der Waals surface area contributed by atoms with Crippen LogP contribution >= 0.6 is 22.6 Å². The first-order chi connectivity index (χ1) is 6.63. The Bertz CT molecular complexity index is 361. The first-order valence-electron chi connectivity index (χ1n) is 4.75. The average molecular weight is 298 g/mol. The molecule has 0 atom stereocenters. The zero-order valence-corrected chi connectivity index (χ0v) is 10.8. The Morgan fingerprint density at radius 3 is 2.71 bits per heavy atom. The lowest BCUT2D eigenvalue weighted by Gasteiger charge is -2.02. The third kappa shape index (κ3) is 3.29. The SMILES string of the molecule is C=C(C)/C=C/c1ccc(CC)c(I)c1. The van der Waals surface area contributed by atoms with Crippen LogP contribution in [0.5, 0.6) is 0 Å². The van der Waals surface area contributed by atoms with E-state index in [1.165, 1.54) is 14.7 Å². The minimum Gasteiger partial charge on any atom is -0.0961 e. The number of rotatable bonds is 3. The summed E-state index contributed by atoms with van der Waals surface area (Å²) in [4.78, 5) is 0. The maximum absolute atomic E-state index is 3.84. The van der Waals surface area contributed by atoms with Gasteiger partial charge in [-0.2, -0.15) is 0 Å². The summed E-state index contributed by atoms with van der Waals surface area (Å²) in [5.74, 6) is 0. The van der Waals surface area contributed by atoms with E-state index in [0.29, 0.717) is 0 Å². The standard InChI is InChI=1S/C13H15I/c1-4-12-8-7-11(9-13(12)14)6-5-10(2)3/h5-9H,2,4H2,1,3H3/b6-5+. The van der Waals surface area contributed by atoms with Gasteiger partial charge in [0.15, 0.2) is 0 Å². The predicted molar refractivity (Wildman–Crippen MR) is 72.4 cm³/mol. The van der Waals surface area contributed by atoms with Crippen LogP contribution in [0.1, 0.15) is 25.0 Å². The van der Waals surface area contributed by atoms with Crippen molar-refractivity contribution in [3.63, 3.8) is 0 Å². The lowest BCUT2D eigenvalue weighted by atomic mass is 10.1. The van der Waals surface area contributed by atoms with Gasteiger partial charge in [-0.3, -0.25) is 0 Å². The number of halogens is 1. The fourth-order valence-corrected chi connectivity index (χ4v) is 2.11. The zero-order valence-electron chi connectivity index (χ0n) is 8.68. The highest BCUT2D eigenvalue weighted by atomic mass is 127. The summed E-state index contributed by atoms with van der Waals surface area (Å²) in [6, 6.07) is 6.55. The van der Waals surface area contributed by atoms with Gasteiger partial charge in [-0.25, -0.2) is 0 Å². The van der Waals surface area contributed by atoms with Crippen molar-refractivity contribution in [1.29, 1.82) is 0 Å². The minimum absolute atomic E-state index is 1.08. The largest absolute Gasteiger partial charge is 0.0961 e. The van der Waals surface area contributed by atoms with Crippen LogP contribution in [0.25, 0.3) is 6.08 Å². The molecule has 1 rings (SSSR count). The summed E-state index contributed by atoms with van der Waals surface area (Å²) < 4.78 is 1.34. The molecule has 0 saturated carbocycles. The van der Waals surface area contributed by atoms with Gasteiger partial charge >= 0.3 is 0 Å². The highest BCUT2D eigenvalue weighted by Crippen LogP contribution is 2.16. The molecule has 0 bridgehead atoms. The third-order valence-corrected chi connectivity index (χ3v) is 3.02. The van der Waals surface area contributed by atoms with Gasteiger partial charge in [-0.15, -0.1) is 0 Å². The number of aryl methyl sites for hydroxylation is 1. The van der Waals surface area contributed by atoms with Gasteiger partial charge < -0.3 is 0 Å². The van der Waals surface area contributed by atoms with E-state index in [1.54, 1.807) is 0 Å². The first kappa shape index (κ1) is 11.5. The molecule has 1 aromatic carbocycles. The Morgan fingerprint density at radius 2 is 2.21 bits per heavy atom. The highest BCUT2D eigenvalue weighted by Gasteiger charge is 1.96. The van der Waals surface area contributed by atoms with Gasteiger partial charge in [0.25, 0.3) is 0 Å². The molecule has 0 spiro atoms. The van der Waals surface area contributed by atoms with Crippen LogP contribution in [0.2, 0.25) is 0 Å². The van der Waals surface area contributed by atoms with Gasteiger partial charge in [-0.1, -0.05) is 43.4 Å². The summed E-state index contributed by atoms with van der Waals surface area (Å²) in [6.45, 7) is 8.02. The van der Waals surface area contributed by atoms with E-state index in [9.17, 15) is 0 Å².